The highest BCUT2D eigenvalue weighted by Gasteiger charge is 2.64. The summed E-state index contributed by atoms with van der Waals surface area (Å²) >= 11 is 0. The van der Waals surface area contributed by atoms with E-state index in [1.165, 1.54) is 19.3 Å². The monoisotopic (exact) mass is 178 g/mol. The average Bonchev–Trinajstić information content (AvgIpc) is 2.61. The Bertz CT molecular complexity index is 208. The van der Waals surface area contributed by atoms with Gasteiger partial charge in [-0.05, 0) is 41.9 Å². The molecule has 3 aliphatic carbocycles. The summed E-state index contributed by atoms with van der Waals surface area (Å²) in [6.45, 7) is 5.08. The first kappa shape index (κ1) is 8.32. The van der Waals surface area contributed by atoms with Gasteiger partial charge >= 0.3 is 0 Å². The molecule has 3 aliphatic rings. The molecule has 0 heterocycles. The van der Waals surface area contributed by atoms with Crippen LogP contribution in [0.2, 0.25) is 0 Å². The number of fused-ring (bicyclic) bond motifs is 2. The molecule has 0 amide bonds. The molecule has 0 N–H and O–H groups in total. The smallest absolute Gasteiger partial charge is 0.0264 e. The van der Waals surface area contributed by atoms with E-state index >= 15 is 0 Å². The number of hydrogen-bond donors (Lipinski definition) is 0. The highest BCUT2D eigenvalue weighted by atomic mass is 14.7. The highest BCUT2D eigenvalue weighted by Crippen LogP contribution is 2.73. The summed E-state index contributed by atoms with van der Waals surface area (Å²) in [6.07, 6.45) is 10.8. The van der Waals surface area contributed by atoms with E-state index in [0.29, 0.717) is 0 Å². The lowest BCUT2D eigenvalue weighted by atomic mass is 9.64. The molecular formula is C13H22. The minimum atomic E-state index is 0.769. The number of rotatable bonds is 0. The van der Waals surface area contributed by atoms with Gasteiger partial charge in [0.2, 0.25) is 0 Å². The van der Waals surface area contributed by atoms with Crippen molar-refractivity contribution in [3.8, 4) is 0 Å². The van der Waals surface area contributed by atoms with Gasteiger partial charge in [-0.1, -0.05) is 39.5 Å². The Balaban J connectivity index is 1.80. The molecule has 0 aromatic heterocycles. The highest BCUT2D eigenvalue weighted by molar-refractivity contribution is 5.14. The van der Waals surface area contributed by atoms with Crippen LogP contribution >= 0.6 is 0 Å². The van der Waals surface area contributed by atoms with E-state index in [1.54, 1.807) is 25.7 Å². The molecule has 3 fully saturated rings. The quantitative estimate of drug-likeness (QED) is 0.526. The molecule has 0 saturated heterocycles. The van der Waals surface area contributed by atoms with Crippen molar-refractivity contribution >= 4 is 0 Å². The zero-order chi connectivity index (χ0) is 9.10. The van der Waals surface area contributed by atoms with Crippen LogP contribution in [-0.2, 0) is 0 Å². The Kier molecular flexibility index (Phi) is 1.49. The molecule has 74 valence electrons. The fourth-order valence-electron chi connectivity index (χ4n) is 4.43. The molecule has 3 saturated carbocycles. The van der Waals surface area contributed by atoms with Crippen LogP contribution in [0.15, 0.2) is 0 Å². The van der Waals surface area contributed by atoms with Gasteiger partial charge in [-0.25, -0.2) is 0 Å². The summed E-state index contributed by atoms with van der Waals surface area (Å²) in [6, 6.07) is 0. The van der Waals surface area contributed by atoms with Gasteiger partial charge in [0.05, 0.1) is 0 Å². The van der Waals surface area contributed by atoms with E-state index in [-0.39, 0.29) is 0 Å². The molecule has 0 spiro atoms. The summed E-state index contributed by atoms with van der Waals surface area (Å²) in [5.41, 5.74) is 1.54. The molecule has 0 radical (unpaired) electrons. The largest absolute Gasteiger partial charge is 0.0591 e. The van der Waals surface area contributed by atoms with E-state index < -0.39 is 0 Å². The molecule has 0 aliphatic heterocycles. The van der Waals surface area contributed by atoms with Gasteiger partial charge in [0, 0.05) is 0 Å². The maximum atomic E-state index is 2.54. The predicted molar refractivity (Wildman–Crippen MR) is 55.5 cm³/mol. The molecule has 0 nitrogen and oxygen atoms in total. The van der Waals surface area contributed by atoms with Gasteiger partial charge in [0.15, 0.2) is 0 Å². The van der Waals surface area contributed by atoms with Crippen LogP contribution in [0.4, 0.5) is 0 Å². The van der Waals surface area contributed by atoms with Crippen molar-refractivity contribution in [1.29, 1.82) is 0 Å². The van der Waals surface area contributed by atoms with Crippen molar-refractivity contribution < 1.29 is 0 Å². The Morgan fingerprint density at radius 3 is 1.77 bits per heavy atom. The topological polar surface area (TPSA) is 0 Å². The second kappa shape index (κ2) is 2.32. The van der Waals surface area contributed by atoms with Crippen molar-refractivity contribution in [3.05, 3.63) is 0 Å². The fourth-order valence-corrected chi connectivity index (χ4v) is 4.43. The fraction of sp³-hybridized carbons (Fsp3) is 1.00. The minimum absolute atomic E-state index is 0.769. The van der Waals surface area contributed by atoms with Crippen molar-refractivity contribution in [2.75, 3.05) is 0 Å². The van der Waals surface area contributed by atoms with Gasteiger partial charge in [0.25, 0.3) is 0 Å². The van der Waals surface area contributed by atoms with Crippen molar-refractivity contribution in [2.45, 2.75) is 58.8 Å². The average molecular weight is 178 g/mol. The van der Waals surface area contributed by atoms with Crippen LogP contribution in [0, 0.1) is 22.7 Å². The van der Waals surface area contributed by atoms with Gasteiger partial charge in [-0.3, -0.25) is 0 Å². The first-order valence-corrected chi connectivity index (χ1v) is 6.13. The lowest BCUT2D eigenvalue weighted by molar-refractivity contribution is 0.0942. The summed E-state index contributed by atoms with van der Waals surface area (Å²) < 4.78 is 0. The number of hydrogen-bond acceptors (Lipinski definition) is 0. The third kappa shape index (κ3) is 1.04. The van der Waals surface area contributed by atoms with E-state index in [0.717, 1.165) is 22.7 Å². The van der Waals surface area contributed by atoms with Crippen LogP contribution in [0.25, 0.3) is 0 Å². The summed E-state index contributed by atoms with van der Waals surface area (Å²) in [5.74, 6) is 2.24. The van der Waals surface area contributed by atoms with Gasteiger partial charge in [-0.15, -0.1) is 0 Å². The second-order valence-electron chi connectivity index (χ2n) is 6.51. The summed E-state index contributed by atoms with van der Waals surface area (Å²) in [7, 11) is 0. The second-order valence-corrected chi connectivity index (χ2v) is 6.51. The first-order valence-electron chi connectivity index (χ1n) is 6.13. The molecule has 0 bridgehead atoms. The van der Waals surface area contributed by atoms with Gasteiger partial charge < -0.3 is 0 Å². The summed E-state index contributed by atoms with van der Waals surface area (Å²) in [5, 5.41) is 0. The molecule has 0 aromatic carbocycles. The molecular weight excluding hydrogens is 156 g/mol. The van der Waals surface area contributed by atoms with E-state index in [9.17, 15) is 0 Å². The maximum absolute atomic E-state index is 2.54. The third-order valence-corrected chi connectivity index (χ3v) is 5.60. The zero-order valence-corrected chi connectivity index (χ0v) is 9.10. The van der Waals surface area contributed by atoms with Crippen LogP contribution < -0.4 is 0 Å². The van der Waals surface area contributed by atoms with Crippen LogP contribution in [0.3, 0.4) is 0 Å². The lowest BCUT2D eigenvalue weighted by Gasteiger charge is -2.41. The first-order chi connectivity index (χ1) is 6.13. The van der Waals surface area contributed by atoms with Crippen LogP contribution in [0.5, 0.6) is 0 Å². The molecule has 13 heavy (non-hydrogen) atoms. The standard InChI is InChI=1S/C13H22/c1-12-7-10-5-3-4-6-11(10)8-13(12,2)9-12/h10-11H,3-9H2,1-2H3. The molecule has 0 aromatic rings. The van der Waals surface area contributed by atoms with E-state index in [4.69, 9.17) is 0 Å². The van der Waals surface area contributed by atoms with E-state index in [2.05, 4.69) is 13.8 Å². The van der Waals surface area contributed by atoms with E-state index in [1.807, 2.05) is 0 Å². The molecule has 4 atom stereocenters. The molecule has 4 unspecified atom stereocenters. The Labute approximate surface area is 82.1 Å². The molecule has 3 rings (SSSR count). The predicted octanol–water partition coefficient (Wildman–Crippen LogP) is 4.00. The Morgan fingerprint density at radius 2 is 1.31 bits per heavy atom. The lowest BCUT2D eigenvalue weighted by Crippen LogP contribution is -2.31. The SMILES string of the molecule is CC12CC3CCCCC3CC1(C)C2. The Hall–Kier alpha value is 0. The third-order valence-electron chi connectivity index (χ3n) is 5.60. The Morgan fingerprint density at radius 1 is 0.846 bits per heavy atom. The zero-order valence-electron chi connectivity index (χ0n) is 9.10. The minimum Gasteiger partial charge on any atom is -0.0591 e. The van der Waals surface area contributed by atoms with Gasteiger partial charge in [0.1, 0.15) is 0 Å². The molecule has 0 heteroatoms. The van der Waals surface area contributed by atoms with Crippen molar-refractivity contribution in [1.82, 2.24) is 0 Å². The van der Waals surface area contributed by atoms with Crippen LogP contribution in [0.1, 0.15) is 58.8 Å². The normalized spacial score (nSPS) is 59.5. The van der Waals surface area contributed by atoms with Gasteiger partial charge in [-0.2, -0.15) is 0 Å². The van der Waals surface area contributed by atoms with Crippen molar-refractivity contribution in [2.24, 2.45) is 22.7 Å². The maximum Gasteiger partial charge on any atom is -0.0264 e. The van der Waals surface area contributed by atoms with Crippen molar-refractivity contribution in [3.63, 3.8) is 0 Å². The summed E-state index contributed by atoms with van der Waals surface area (Å²) in [4.78, 5) is 0. The van der Waals surface area contributed by atoms with Crippen LogP contribution in [-0.4, -0.2) is 0 Å².